The van der Waals surface area contributed by atoms with Crippen LogP contribution in [0.15, 0.2) is 0 Å². The summed E-state index contributed by atoms with van der Waals surface area (Å²) in [7, 11) is 0. The van der Waals surface area contributed by atoms with Gasteiger partial charge in [-0.3, -0.25) is 4.79 Å². The number of hydrogen-bond donors (Lipinski definition) is 2. The maximum absolute atomic E-state index is 12.5. The average Bonchev–Trinajstić information content (AvgIpc) is 2.49. The standard InChI is InChI=1S/C22H38O6/c1-7-20(25)11-21(26)8-16(6)9-22(12-20,13-21)28-17(23)10-27-19(24)18(14(2)3)15(4)5/h14-16,18,25-26H,7-13H2,1-6H3. The van der Waals surface area contributed by atoms with Crippen LogP contribution >= 0.6 is 0 Å². The van der Waals surface area contributed by atoms with Gasteiger partial charge in [0.25, 0.3) is 0 Å². The van der Waals surface area contributed by atoms with Crippen molar-refractivity contribution in [3.63, 3.8) is 0 Å². The molecule has 4 unspecified atom stereocenters. The van der Waals surface area contributed by atoms with Crippen LogP contribution in [-0.2, 0) is 19.1 Å². The van der Waals surface area contributed by atoms with Crippen molar-refractivity contribution in [2.24, 2.45) is 23.7 Å². The summed E-state index contributed by atoms with van der Waals surface area (Å²) in [6.45, 7) is 11.3. The topological polar surface area (TPSA) is 93.1 Å². The monoisotopic (exact) mass is 398 g/mol. The molecule has 28 heavy (non-hydrogen) atoms. The highest BCUT2D eigenvalue weighted by Crippen LogP contribution is 2.53. The molecule has 6 heteroatoms. The Kier molecular flexibility index (Phi) is 6.87. The molecule has 0 spiro atoms. The van der Waals surface area contributed by atoms with Gasteiger partial charge in [-0.25, -0.2) is 4.79 Å². The molecule has 2 aliphatic rings. The Hall–Kier alpha value is -1.14. The van der Waals surface area contributed by atoms with Crippen LogP contribution in [0.2, 0.25) is 0 Å². The van der Waals surface area contributed by atoms with Gasteiger partial charge in [-0.1, -0.05) is 41.5 Å². The number of carbonyl (C=O) groups excluding carboxylic acids is 2. The Balaban J connectivity index is 2.06. The largest absolute Gasteiger partial charge is 0.456 e. The molecule has 4 atom stereocenters. The molecule has 0 aliphatic heterocycles. The quantitative estimate of drug-likeness (QED) is 0.640. The molecule has 2 bridgehead atoms. The average molecular weight is 399 g/mol. The zero-order valence-electron chi connectivity index (χ0n) is 18.3. The lowest BCUT2D eigenvalue weighted by Crippen LogP contribution is -2.61. The first-order valence-electron chi connectivity index (χ1n) is 10.7. The molecular formula is C22H38O6. The molecule has 2 fully saturated rings. The fraction of sp³-hybridized carbons (Fsp3) is 0.909. The minimum absolute atomic E-state index is 0.120. The Morgan fingerprint density at radius 3 is 2.18 bits per heavy atom. The van der Waals surface area contributed by atoms with Crippen molar-refractivity contribution < 1.29 is 29.3 Å². The van der Waals surface area contributed by atoms with Gasteiger partial charge in [-0.05, 0) is 37.0 Å². The normalized spacial score (nSPS) is 35.3. The van der Waals surface area contributed by atoms with E-state index in [1.54, 1.807) is 0 Å². The second kappa shape index (κ2) is 8.31. The van der Waals surface area contributed by atoms with Crippen molar-refractivity contribution in [3.05, 3.63) is 0 Å². The van der Waals surface area contributed by atoms with Gasteiger partial charge in [0.05, 0.1) is 17.1 Å². The van der Waals surface area contributed by atoms with Gasteiger partial charge < -0.3 is 19.7 Å². The van der Waals surface area contributed by atoms with Gasteiger partial charge in [-0.2, -0.15) is 0 Å². The Labute approximate surface area is 169 Å². The predicted molar refractivity (Wildman–Crippen MR) is 105 cm³/mol. The second-order valence-electron chi connectivity index (χ2n) is 10.1. The van der Waals surface area contributed by atoms with Crippen molar-refractivity contribution >= 4 is 11.9 Å². The predicted octanol–water partition coefficient (Wildman–Crippen LogP) is 3.23. The molecule has 162 valence electrons. The zero-order valence-corrected chi connectivity index (χ0v) is 18.3. The lowest BCUT2D eigenvalue weighted by atomic mass is 9.58. The molecule has 0 radical (unpaired) electrons. The Morgan fingerprint density at radius 1 is 1.04 bits per heavy atom. The molecule has 2 N–H and O–H groups in total. The van der Waals surface area contributed by atoms with Crippen LogP contribution in [0.25, 0.3) is 0 Å². The lowest BCUT2D eigenvalue weighted by Gasteiger charge is -2.56. The summed E-state index contributed by atoms with van der Waals surface area (Å²) in [5.74, 6) is -0.853. The van der Waals surface area contributed by atoms with Crippen LogP contribution < -0.4 is 0 Å². The number of aliphatic hydroxyl groups is 2. The maximum Gasteiger partial charge on any atom is 0.344 e. The summed E-state index contributed by atoms with van der Waals surface area (Å²) in [6, 6.07) is 0. The van der Waals surface area contributed by atoms with E-state index < -0.39 is 29.4 Å². The van der Waals surface area contributed by atoms with Gasteiger partial charge in [0.2, 0.25) is 0 Å². The van der Waals surface area contributed by atoms with E-state index in [0.29, 0.717) is 38.5 Å². The van der Waals surface area contributed by atoms with Crippen molar-refractivity contribution in [1.82, 2.24) is 0 Å². The van der Waals surface area contributed by atoms with Gasteiger partial charge >= 0.3 is 11.9 Å². The van der Waals surface area contributed by atoms with Crippen LogP contribution in [0.4, 0.5) is 0 Å². The summed E-state index contributed by atoms with van der Waals surface area (Å²) in [5.41, 5.74) is -2.99. The first-order valence-corrected chi connectivity index (χ1v) is 10.7. The second-order valence-corrected chi connectivity index (χ2v) is 10.1. The number of rotatable bonds is 7. The van der Waals surface area contributed by atoms with E-state index in [2.05, 4.69) is 0 Å². The van der Waals surface area contributed by atoms with E-state index in [-0.39, 0.29) is 29.6 Å². The van der Waals surface area contributed by atoms with E-state index in [1.807, 2.05) is 41.5 Å². The number of ether oxygens (including phenoxy) is 2. The van der Waals surface area contributed by atoms with Crippen LogP contribution in [0.5, 0.6) is 0 Å². The van der Waals surface area contributed by atoms with E-state index in [9.17, 15) is 19.8 Å². The molecule has 0 aromatic heterocycles. The van der Waals surface area contributed by atoms with E-state index in [4.69, 9.17) is 9.47 Å². The van der Waals surface area contributed by atoms with Gasteiger partial charge in [0, 0.05) is 19.3 Å². The molecule has 0 heterocycles. The fourth-order valence-corrected chi connectivity index (χ4v) is 5.82. The summed E-state index contributed by atoms with van der Waals surface area (Å²) in [5, 5.41) is 21.9. The third kappa shape index (κ3) is 5.26. The van der Waals surface area contributed by atoms with Crippen molar-refractivity contribution in [2.75, 3.05) is 6.61 Å². The van der Waals surface area contributed by atoms with Crippen molar-refractivity contribution in [1.29, 1.82) is 0 Å². The molecule has 2 rings (SSSR count). The minimum atomic E-state index is -1.05. The summed E-state index contributed by atoms with van der Waals surface area (Å²) >= 11 is 0. The molecular weight excluding hydrogens is 360 g/mol. The third-order valence-corrected chi connectivity index (χ3v) is 6.44. The molecule has 6 nitrogen and oxygen atoms in total. The van der Waals surface area contributed by atoms with Gasteiger partial charge in [0.1, 0.15) is 5.60 Å². The zero-order chi connectivity index (χ0) is 21.3. The smallest absolute Gasteiger partial charge is 0.344 e. The SMILES string of the molecule is CCC1(O)CC2(O)CC(C)CC(OC(=O)COC(=O)C(C(C)C)C(C)C)(C1)C2. The molecule has 0 aromatic carbocycles. The van der Waals surface area contributed by atoms with Crippen LogP contribution in [0, 0.1) is 23.7 Å². The highest BCUT2D eigenvalue weighted by molar-refractivity contribution is 5.78. The molecule has 0 amide bonds. The van der Waals surface area contributed by atoms with Crippen molar-refractivity contribution in [3.8, 4) is 0 Å². The van der Waals surface area contributed by atoms with Crippen LogP contribution in [-0.4, -0.2) is 45.6 Å². The van der Waals surface area contributed by atoms with E-state index in [1.165, 1.54) is 0 Å². The number of esters is 2. The number of fused-ring (bicyclic) bond motifs is 2. The Bertz CT molecular complexity index is 580. The highest BCUT2D eigenvalue weighted by atomic mass is 16.6. The summed E-state index contributed by atoms with van der Waals surface area (Å²) in [6.07, 6.45) is 2.62. The first kappa shape index (κ1) is 23.1. The van der Waals surface area contributed by atoms with Gasteiger partial charge in [-0.15, -0.1) is 0 Å². The highest BCUT2D eigenvalue weighted by Gasteiger charge is 2.58. The number of carbonyl (C=O) groups is 2. The third-order valence-electron chi connectivity index (χ3n) is 6.44. The molecule has 2 aliphatic carbocycles. The molecule has 0 aromatic rings. The summed E-state index contributed by atoms with van der Waals surface area (Å²) in [4.78, 5) is 24.9. The minimum Gasteiger partial charge on any atom is -0.456 e. The maximum atomic E-state index is 12.5. The van der Waals surface area contributed by atoms with Crippen LogP contribution in [0.3, 0.4) is 0 Å². The van der Waals surface area contributed by atoms with E-state index >= 15 is 0 Å². The lowest BCUT2D eigenvalue weighted by molar-refractivity contribution is -0.229. The molecule has 0 saturated heterocycles. The Morgan fingerprint density at radius 2 is 1.64 bits per heavy atom. The van der Waals surface area contributed by atoms with Crippen LogP contribution in [0.1, 0.15) is 80.1 Å². The number of hydrogen-bond acceptors (Lipinski definition) is 6. The summed E-state index contributed by atoms with van der Waals surface area (Å²) < 4.78 is 11.1. The fourth-order valence-electron chi connectivity index (χ4n) is 5.82. The van der Waals surface area contributed by atoms with E-state index in [0.717, 1.165) is 0 Å². The first-order chi connectivity index (χ1) is 12.8. The molecule has 2 saturated carbocycles. The van der Waals surface area contributed by atoms with Crippen molar-refractivity contribution in [2.45, 2.75) is 96.9 Å². The van der Waals surface area contributed by atoms with Gasteiger partial charge in [0.15, 0.2) is 6.61 Å².